The normalized spacial score (nSPS) is 13.2. The van der Waals surface area contributed by atoms with Crippen LogP contribution < -0.4 is 15.0 Å². The Balaban J connectivity index is 1.52. The van der Waals surface area contributed by atoms with E-state index in [1.54, 1.807) is 47.4 Å². The highest BCUT2D eigenvalue weighted by Gasteiger charge is 2.25. The second-order valence-corrected chi connectivity index (χ2v) is 7.40. The third-order valence-corrected chi connectivity index (χ3v) is 5.14. The van der Waals surface area contributed by atoms with E-state index in [0.717, 1.165) is 11.3 Å². The molecule has 0 fully saturated rings. The molecule has 0 bridgehead atoms. The summed E-state index contributed by atoms with van der Waals surface area (Å²) in [5, 5.41) is 2.48. The van der Waals surface area contributed by atoms with E-state index in [9.17, 15) is 19.2 Å². The highest BCUT2D eigenvalue weighted by molar-refractivity contribution is 6.02. The predicted molar refractivity (Wildman–Crippen MR) is 118 cm³/mol. The van der Waals surface area contributed by atoms with Gasteiger partial charge in [0, 0.05) is 30.3 Å². The van der Waals surface area contributed by atoms with Gasteiger partial charge in [0.2, 0.25) is 11.7 Å². The second kappa shape index (κ2) is 10.1. The summed E-state index contributed by atoms with van der Waals surface area (Å²) < 4.78 is 10.5. The lowest BCUT2D eigenvalue weighted by molar-refractivity contribution is -0.145. The minimum absolute atomic E-state index is 0.0441. The molecule has 1 N–H and O–H groups in total. The Bertz CT molecular complexity index is 1030. The number of carbonyl (C=O) groups is 4. The Hall–Kier alpha value is -3.68. The quantitative estimate of drug-likeness (QED) is 0.502. The van der Waals surface area contributed by atoms with Crippen LogP contribution >= 0.6 is 0 Å². The first-order chi connectivity index (χ1) is 15.3. The average molecular weight is 438 g/mol. The van der Waals surface area contributed by atoms with E-state index in [-0.39, 0.29) is 18.2 Å². The van der Waals surface area contributed by atoms with Crippen molar-refractivity contribution < 1.29 is 28.7 Å². The van der Waals surface area contributed by atoms with Crippen molar-refractivity contribution in [3.05, 3.63) is 59.2 Å². The largest absolute Gasteiger partial charge is 0.494 e. The van der Waals surface area contributed by atoms with E-state index in [1.165, 1.54) is 13.8 Å². The van der Waals surface area contributed by atoms with Gasteiger partial charge < -0.3 is 19.7 Å². The van der Waals surface area contributed by atoms with Crippen LogP contribution in [0.2, 0.25) is 0 Å². The summed E-state index contributed by atoms with van der Waals surface area (Å²) in [6.45, 7) is 5.61. The predicted octanol–water partition coefficient (Wildman–Crippen LogP) is 2.54. The molecule has 0 aromatic heterocycles. The van der Waals surface area contributed by atoms with E-state index in [1.807, 2.05) is 6.92 Å². The van der Waals surface area contributed by atoms with Crippen molar-refractivity contribution in [2.45, 2.75) is 33.3 Å². The topological polar surface area (TPSA) is 102 Å². The summed E-state index contributed by atoms with van der Waals surface area (Å²) in [4.78, 5) is 50.3. The zero-order chi connectivity index (χ0) is 23.3. The van der Waals surface area contributed by atoms with Crippen LogP contribution in [0, 0.1) is 0 Å². The number of fused-ring (bicyclic) bond motifs is 1. The molecule has 168 valence electrons. The summed E-state index contributed by atoms with van der Waals surface area (Å²) in [6.07, 6.45) is -0.338. The molecule has 2 aromatic carbocycles. The fourth-order valence-corrected chi connectivity index (χ4v) is 3.53. The number of ketones is 1. The second-order valence-electron chi connectivity index (χ2n) is 7.40. The summed E-state index contributed by atoms with van der Waals surface area (Å²) in [5.74, 6) is -0.888. The molecule has 0 saturated heterocycles. The van der Waals surface area contributed by atoms with Crippen LogP contribution in [-0.2, 0) is 20.7 Å². The maximum absolute atomic E-state index is 12.7. The van der Waals surface area contributed by atoms with Crippen LogP contribution in [0.1, 0.15) is 47.1 Å². The first-order valence-electron chi connectivity index (χ1n) is 10.5. The lowest BCUT2D eigenvalue weighted by Gasteiger charge is -2.16. The minimum Gasteiger partial charge on any atom is -0.494 e. The number of esters is 1. The number of benzene rings is 2. The number of carbonyl (C=O) groups excluding carboxylic acids is 4. The average Bonchev–Trinajstić information content (AvgIpc) is 3.21. The lowest BCUT2D eigenvalue weighted by Crippen LogP contribution is -2.34. The molecule has 0 radical (unpaired) electrons. The van der Waals surface area contributed by atoms with Gasteiger partial charge in [-0.15, -0.1) is 0 Å². The lowest BCUT2D eigenvalue weighted by atomic mass is 10.0. The summed E-state index contributed by atoms with van der Waals surface area (Å²) in [7, 11) is 0. The summed E-state index contributed by atoms with van der Waals surface area (Å²) >= 11 is 0. The van der Waals surface area contributed by atoms with Gasteiger partial charge in [-0.05, 0) is 68.3 Å². The van der Waals surface area contributed by atoms with Crippen LogP contribution in [0.15, 0.2) is 42.5 Å². The van der Waals surface area contributed by atoms with Gasteiger partial charge in [0.05, 0.1) is 6.61 Å². The third-order valence-electron chi connectivity index (χ3n) is 5.14. The molecule has 2 aromatic rings. The van der Waals surface area contributed by atoms with Gasteiger partial charge >= 0.3 is 5.97 Å². The van der Waals surface area contributed by atoms with Crippen LogP contribution in [-0.4, -0.2) is 49.4 Å². The Labute approximate surface area is 186 Å². The number of anilines is 1. The molecule has 8 heteroatoms. The molecule has 1 atom stereocenters. The van der Waals surface area contributed by atoms with Gasteiger partial charge in [-0.1, -0.05) is 0 Å². The summed E-state index contributed by atoms with van der Waals surface area (Å²) in [5.41, 5.74) is 2.50. The van der Waals surface area contributed by atoms with Crippen molar-refractivity contribution in [3.63, 3.8) is 0 Å². The van der Waals surface area contributed by atoms with Crippen molar-refractivity contribution in [1.29, 1.82) is 0 Å². The molecule has 8 nitrogen and oxygen atoms in total. The number of hydrogen-bond acceptors (Lipinski definition) is 6. The monoisotopic (exact) mass is 438 g/mol. The Morgan fingerprint density at radius 3 is 2.41 bits per heavy atom. The maximum Gasteiger partial charge on any atom is 0.326 e. The Morgan fingerprint density at radius 1 is 1.06 bits per heavy atom. The Kier molecular flexibility index (Phi) is 7.25. The van der Waals surface area contributed by atoms with Gasteiger partial charge in [-0.25, -0.2) is 0 Å². The number of hydrogen-bond donors (Lipinski definition) is 1. The molecule has 1 aliphatic heterocycles. The van der Waals surface area contributed by atoms with Crippen molar-refractivity contribution >= 4 is 29.3 Å². The molecule has 0 spiro atoms. The zero-order valence-electron chi connectivity index (χ0n) is 18.3. The molecule has 32 heavy (non-hydrogen) atoms. The molecule has 2 amide bonds. The molecule has 1 unspecified atom stereocenters. The number of amides is 2. The van der Waals surface area contributed by atoms with E-state index < -0.39 is 18.0 Å². The van der Waals surface area contributed by atoms with Crippen LogP contribution in [0.25, 0.3) is 0 Å². The molecule has 0 aliphatic carbocycles. The van der Waals surface area contributed by atoms with E-state index in [0.29, 0.717) is 36.4 Å². The molecule has 3 rings (SSSR count). The zero-order valence-corrected chi connectivity index (χ0v) is 18.3. The van der Waals surface area contributed by atoms with Crippen LogP contribution in [0.3, 0.4) is 0 Å². The number of rotatable bonds is 8. The first kappa shape index (κ1) is 23.0. The number of Topliss-reactive ketones (excluding diaryl/α,β-unsaturated/α-hetero) is 1. The molecular weight excluding hydrogens is 412 g/mol. The van der Waals surface area contributed by atoms with Gasteiger partial charge in [0.1, 0.15) is 12.3 Å². The van der Waals surface area contributed by atoms with E-state index in [2.05, 4.69) is 5.32 Å². The van der Waals surface area contributed by atoms with Gasteiger partial charge in [-0.2, -0.15) is 0 Å². The summed E-state index contributed by atoms with van der Waals surface area (Å²) in [6, 6.07) is 11.6. The van der Waals surface area contributed by atoms with Crippen molar-refractivity contribution in [3.8, 4) is 5.75 Å². The van der Waals surface area contributed by atoms with Crippen molar-refractivity contribution in [2.75, 3.05) is 24.6 Å². The van der Waals surface area contributed by atoms with Crippen LogP contribution in [0.5, 0.6) is 5.75 Å². The van der Waals surface area contributed by atoms with Gasteiger partial charge in [0.25, 0.3) is 5.91 Å². The smallest absolute Gasteiger partial charge is 0.326 e. The minimum atomic E-state index is -1.01. The number of nitrogens with one attached hydrogen (secondary N) is 1. The fourth-order valence-electron chi connectivity index (χ4n) is 3.53. The molecule has 1 heterocycles. The SMILES string of the molecule is CCOc1ccc(C(=O)NCC(=O)OC(C)C(=O)c2ccc3c(c2)CCN3C(C)=O)cc1. The highest BCUT2D eigenvalue weighted by Crippen LogP contribution is 2.29. The first-order valence-corrected chi connectivity index (χ1v) is 10.5. The molecule has 1 aliphatic rings. The Morgan fingerprint density at radius 2 is 1.75 bits per heavy atom. The van der Waals surface area contributed by atoms with Crippen LogP contribution in [0.4, 0.5) is 5.69 Å². The van der Waals surface area contributed by atoms with E-state index >= 15 is 0 Å². The fraction of sp³-hybridized carbons (Fsp3) is 0.333. The van der Waals surface area contributed by atoms with Crippen molar-refractivity contribution in [1.82, 2.24) is 5.32 Å². The molecule has 0 saturated carbocycles. The van der Waals surface area contributed by atoms with Gasteiger partial charge in [-0.3, -0.25) is 19.2 Å². The highest BCUT2D eigenvalue weighted by atomic mass is 16.5. The maximum atomic E-state index is 12.7. The standard InChI is InChI=1S/C24H26N2O6/c1-4-31-20-8-5-17(6-9-20)24(30)25-14-22(28)32-15(2)23(29)19-7-10-21-18(13-19)11-12-26(21)16(3)27/h5-10,13,15H,4,11-12,14H2,1-3H3,(H,25,30). The number of ether oxygens (including phenoxy) is 2. The van der Waals surface area contributed by atoms with Gasteiger partial charge in [0.15, 0.2) is 6.10 Å². The van der Waals surface area contributed by atoms with E-state index in [4.69, 9.17) is 9.47 Å². The third kappa shape index (κ3) is 5.32. The molecular formula is C24H26N2O6. The number of nitrogens with zero attached hydrogens (tertiary/aromatic N) is 1. The van der Waals surface area contributed by atoms with Crippen molar-refractivity contribution in [2.24, 2.45) is 0 Å².